The lowest BCUT2D eigenvalue weighted by Gasteiger charge is -2.25. The Morgan fingerprint density at radius 1 is 1.17 bits per heavy atom. The highest BCUT2D eigenvalue weighted by molar-refractivity contribution is 5.94. The normalized spacial score (nSPS) is 15.2. The molecule has 6 nitrogen and oxygen atoms in total. The average Bonchev–Trinajstić information content (AvgIpc) is 3.11. The molecule has 1 amide bonds. The van der Waals surface area contributed by atoms with Gasteiger partial charge < -0.3 is 15.1 Å². The highest BCUT2D eigenvalue weighted by Gasteiger charge is 2.19. The Balaban J connectivity index is 1.82. The molecule has 0 unspecified atom stereocenters. The summed E-state index contributed by atoms with van der Waals surface area (Å²) in [6.07, 6.45) is 9.25. The van der Waals surface area contributed by atoms with Crippen LogP contribution in [-0.4, -0.2) is 60.5 Å². The van der Waals surface area contributed by atoms with Gasteiger partial charge in [-0.2, -0.15) is 0 Å². The highest BCUT2D eigenvalue weighted by atomic mass is 16.1. The number of imidazole rings is 1. The molecule has 1 aliphatic rings. The molecule has 3 rings (SSSR count). The predicted octanol–water partition coefficient (Wildman–Crippen LogP) is 3.59. The van der Waals surface area contributed by atoms with E-state index < -0.39 is 0 Å². The van der Waals surface area contributed by atoms with Gasteiger partial charge in [0.05, 0.1) is 11.3 Å². The second-order valence-corrected chi connectivity index (χ2v) is 8.48. The van der Waals surface area contributed by atoms with Crippen LogP contribution in [0.15, 0.2) is 18.3 Å². The number of aryl methyl sites for hydroxylation is 1. The van der Waals surface area contributed by atoms with Gasteiger partial charge in [0.2, 0.25) is 0 Å². The number of likely N-dealkylation sites (N-methyl/N-ethyl adjacent to an activating group) is 2. The molecule has 29 heavy (non-hydrogen) atoms. The van der Waals surface area contributed by atoms with Crippen LogP contribution < -0.4 is 10.2 Å². The maximum Gasteiger partial charge on any atom is 0.252 e. The van der Waals surface area contributed by atoms with E-state index in [1.807, 2.05) is 18.3 Å². The molecule has 0 aliphatic heterocycles. The third-order valence-corrected chi connectivity index (χ3v) is 6.03. The number of anilines is 1. The molecule has 1 N–H and O–H groups in total. The number of pyridine rings is 1. The number of hydrogen-bond donors (Lipinski definition) is 1. The fraction of sp³-hybridized carbons (Fsp3) is 0.652. The molecule has 2 aromatic rings. The highest BCUT2D eigenvalue weighted by Crippen LogP contribution is 2.25. The molecule has 1 fully saturated rings. The average molecular weight is 400 g/mol. The van der Waals surface area contributed by atoms with Gasteiger partial charge in [0.25, 0.3) is 5.91 Å². The van der Waals surface area contributed by atoms with Crippen LogP contribution in [0.4, 0.5) is 5.82 Å². The minimum Gasteiger partial charge on any atom is -0.355 e. The molecule has 0 atom stereocenters. The van der Waals surface area contributed by atoms with Crippen molar-refractivity contribution in [2.45, 2.75) is 52.4 Å². The van der Waals surface area contributed by atoms with E-state index in [9.17, 15) is 4.79 Å². The summed E-state index contributed by atoms with van der Waals surface area (Å²) in [6, 6.07) is 3.87. The summed E-state index contributed by atoms with van der Waals surface area (Å²) in [5, 5.41) is 3.16. The van der Waals surface area contributed by atoms with Gasteiger partial charge in [-0.05, 0) is 58.3 Å². The second kappa shape index (κ2) is 10.1. The molecule has 2 aromatic heterocycles. The number of nitrogens with one attached hydrogen (secondary N) is 1. The Hall–Kier alpha value is -2.08. The Kier molecular flexibility index (Phi) is 7.53. The number of nitrogens with zero attached hydrogens (tertiary/aromatic N) is 4. The van der Waals surface area contributed by atoms with Crippen molar-refractivity contribution >= 4 is 17.4 Å². The summed E-state index contributed by atoms with van der Waals surface area (Å²) in [5.74, 6) is 1.77. The van der Waals surface area contributed by atoms with Crippen LogP contribution in [0.25, 0.3) is 5.65 Å². The first-order chi connectivity index (χ1) is 14.0. The summed E-state index contributed by atoms with van der Waals surface area (Å²) in [5.41, 5.74) is 2.70. The first-order valence-electron chi connectivity index (χ1n) is 11.2. The van der Waals surface area contributed by atoms with Gasteiger partial charge >= 0.3 is 0 Å². The summed E-state index contributed by atoms with van der Waals surface area (Å²) in [7, 11) is 4.19. The van der Waals surface area contributed by atoms with Gasteiger partial charge in [0.15, 0.2) is 0 Å². The Morgan fingerprint density at radius 3 is 2.59 bits per heavy atom. The molecule has 0 saturated heterocycles. The fourth-order valence-corrected chi connectivity index (χ4v) is 4.25. The van der Waals surface area contributed by atoms with Crippen LogP contribution in [0.3, 0.4) is 0 Å². The van der Waals surface area contributed by atoms with Crippen molar-refractivity contribution in [3.8, 4) is 0 Å². The molecular formula is C23H37N5O. The molecule has 1 aliphatic carbocycles. The lowest BCUT2D eigenvalue weighted by atomic mass is 9.89. The Bertz CT molecular complexity index is 807. The van der Waals surface area contributed by atoms with E-state index in [1.54, 1.807) is 0 Å². The van der Waals surface area contributed by atoms with Gasteiger partial charge in [0.1, 0.15) is 11.5 Å². The zero-order valence-electron chi connectivity index (χ0n) is 18.6. The molecular weight excluding hydrogens is 362 g/mol. The standard InChI is InChI=1S/C23H37N5O/c1-5-20-23(27(6-2)15-14-26(3)4)28-17-19(12-13-21(28)25-20)22(29)24-16-18-10-8-7-9-11-18/h12-13,17-18H,5-11,14-16H2,1-4H3,(H,24,29). The first-order valence-corrected chi connectivity index (χ1v) is 11.2. The van der Waals surface area contributed by atoms with E-state index in [1.165, 1.54) is 32.1 Å². The maximum absolute atomic E-state index is 12.8. The zero-order chi connectivity index (χ0) is 20.8. The van der Waals surface area contributed by atoms with Crippen LogP contribution in [0, 0.1) is 5.92 Å². The van der Waals surface area contributed by atoms with Crippen LogP contribution in [-0.2, 0) is 6.42 Å². The van der Waals surface area contributed by atoms with Gasteiger partial charge in [-0.1, -0.05) is 26.2 Å². The molecule has 2 heterocycles. The minimum absolute atomic E-state index is 0.0199. The summed E-state index contributed by atoms with van der Waals surface area (Å²) in [6.45, 7) is 7.93. The lowest BCUT2D eigenvalue weighted by molar-refractivity contribution is 0.0943. The van der Waals surface area contributed by atoms with E-state index >= 15 is 0 Å². The van der Waals surface area contributed by atoms with Gasteiger partial charge in [-0.3, -0.25) is 9.20 Å². The molecule has 0 spiro atoms. The second-order valence-electron chi connectivity index (χ2n) is 8.48. The van der Waals surface area contributed by atoms with Crippen molar-refractivity contribution in [2.75, 3.05) is 45.2 Å². The minimum atomic E-state index is 0.0199. The van der Waals surface area contributed by atoms with E-state index in [2.05, 4.69) is 47.5 Å². The van der Waals surface area contributed by atoms with E-state index in [0.29, 0.717) is 11.5 Å². The summed E-state index contributed by atoms with van der Waals surface area (Å²) in [4.78, 5) is 22.2. The van der Waals surface area contributed by atoms with Gasteiger partial charge in [-0.25, -0.2) is 4.98 Å². The first kappa shape index (κ1) is 21.6. The van der Waals surface area contributed by atoms with E-state index in [0.717, 1.165) is 49.8 Å². The largest absolute Gasteiger partial charge is 0.355 e. The van der Waals surface area contributed by atoms with E-state index in [-0.39, 0.29) is 5.91 Å². The molecule has 1 saturated carbocycles. The van der Waals surface area contributed by atoms with Crippen molar-refractivity contribution in [1.82, 2.24) is 19.6 Å². The van der Waals surface area contributed by atoms with E-state index in [4.69, 9.17) is 4.98 Å². The number of hydrogen-bond acceptors (Lipinski definition) is 4. The topological polar surface area (TPSA) is 52.9 Å². The monoisotopic (exact) mass is 399 g/mol. The Labute approximate surface area is 175 Å². The summed E-state index contributed by atoms with van der Waals surface area (Å²) >= 11 is 0. The molecule has 0 radical (unpaired) electrons. The molecule has 0 bridgehead atoms. The predicted molar refractivity (Wildman–Crippen MR) is 120 cm³/mol. The van der Waals surface area contributed by atoms with Crippen molar-refractivity contribution in [3.05, 3.63) is 29.6 Å². The van der Waals surface area contributed by atoms with Crippen LogP contribution >= 0.6 is 0 Å². The molecule has 0 aromatic carbocycles. The quantitative estimate of drug-likeness (QED) is 0.700. The van der Waals surface area contributed by atoms with Crippen LogP contribution in [0.5, 0.6) is 0 Å². The number of carbonyl (C=O) groups is 1. The van der Waals surface area contributed by atoms with Crippen LogP contribution in [0.1, 0.15) is 62.0 Å². The van der Waals surface area contributed by atoms with Crippen molar-refractivity contribution < 1.29 is 4.79 Å². The Morgan fingerprint density at radius 2 is 1.93 bits per heavy atom. The maximum atomic E-state index is 12.8. The van der Waals surface area contributed by atoms with Crippen molar-refractivity contribution in [2.24, 2.45) is 5.92 Å². The van der Waals surface area contributed by atoms with Crippen molar-refractivity contribution in [1.29, 1.82) is 0 Å². The number of aromatic nitrogens is 2. The molecule has 6 heteroatoms. The molecule has 160 valence electrons. The number of amides is 1. The van der Waals surface area contributed by atoms with Crippen LogP contribution in [0.2, 0.25) is 0 Å². The number of rotatable bonds is 9. The SMILES string of the molecule is CCc1nc2ccc(C(=O)NCC3CCCCC3)cn2c1N(CC)CCN(C)C. The zero-order valence-corrected chi connectivity index (χ0v) is 18.6. The van der Waals surface area contributed by atoms with Gasteiger partial charge in [-0.15, -0.1) is 0 Å². The smallest absolute Gasteiger partial charge is 0.252 e. The number of carbonyl (C=O) groups excluding carboxylic acids is 1. The van der Waals surface area contributed by atoms with Crippen molar-refractivity contribution in [3.63, 3.8) is 0 Å². The number of fused-ring (bicyclic) bond motifs is 1. The third-order valence-electron chi connectivity index (χ3n) is 6.03. The lowest BCUT2D eigenvalue weighted by Crippen LogP contribution is -2.33. The summed E-state index contributed by atoms with van der Waals surface area (Å²) < 4.78 is 2.10. The fourth-order valence-electron chi connectivity index (χ4n) is 4.25. The third kappa shape index (κ3) is 5.30. The van der Waals surface area contributed by atoms with Gasteiger partial charge in [0, 0.05) is 32.4 Å².